The van der Waals surface area contributed by atoms with E-state index in [1.54, 1.807) is 0 Å². The van der Waals surface area contributed by atoms with Crippen molar-refractivity contribution >= 4 is 21.9 Å². The summed E-state index contributed by atoms with van der Waals surface area (Å²) in [7, 11) is 0. The number of halogens is 1. The Labute approximate surface area is 113 Å². The quantitative estimate of drug-likeness (QED) is 0.911. The molecule has 0 radical (unpaired) electrons. The molecule has 1 aromatic heterocycles. The highest BCUT2D eigenvalue weighted by atomic mass is 79.9. The van der Waals surface area contributed by atoms with Gasteiger partial charge in [-0.05, 0) is 24.6 Å². The smallest absolute Gasteiger partial charge is 0.303 e. The highest BCUT2D eigenvalue weighted by Gasteiger charge is 2.13. The fourth-order valence-corrected chi connectivity index (χ4v) is 2.15. The molecule has 0 aliphatic carbocycles. The van der Waals surface area contributed by atoms with E-state index < -0.39 is 5.97 Å². The lowest BCUT2D eigenvalue weighted by molar-refractivity contribution is -0.136. The molecule has 0 saturated carbocycles. The molecule has 94 valence electrons. The van der Waals surface area contributed by atoms with Gasteiger partial charge in [0.05, 0.1) is 12.1 Å². The van der Waals surface area contributed by atoms with Gasteiger partial charge in [0.15, 0.2) is 0 Å². The van der Waals surface area contributed by atoms with Crippen LogP contribution in [0.2, 0.25) is 0 Å². The van der Waals surface area contributed by atoms with Gasteiger partial charge in [0, 0.05) is 22.2 Å². The first-order chi connectivity index (χ1) is 8.58. The number of H-pyrrole nitrogens is 1. The van der Waals surface area contributed by atoms with Crippen LogP contribution in [0.15, 0.2) is 28.7 Å². The van der Waals surface area contributed by atoms with E-state index in [0.717, 1.165) is 27.0 Å². The van der Waals surface area contributed by atoms with E-state index in [1.165, 1.54) is 0 Å². The van der Waals surface area contributed by atoms with Crippen molar-refractivity contribution in [2.45, 2.75) is 19.8 Å². The number of rotatable bonds is 4. The van der Waals surface area contributed by atoms with E-state index in [1.807, 2.05) is 31.2 Å². The zero-order chi connectivity index (χ0) is 13.1. The van der Waals surface area contributed by atoms with Crippen LogP contribution in [0.25, 0.3) is 11.1 Å². The molecule has 1 heterocycles. The molecule has 0 atom stereocenters. The zero-order valence-electron chi connectivity index (χ0n) is 9.90. The average Bonchev–Trinajstić information content (AvgIpc) is 2.69. The van der Waals surface area contributed by atoms with Crippen LogP contribution in [0.1, 0.15) is 17.8 Å². The summed E-state index contributed by atoms with van der Waals surface area (Å²) >= 11 is 3.39. The number of aromatic nitrogens is 2. The number of aromatic amines is 1. The average molecular weight is 309 g/mol. The Morgan fingerprint density at radius 3 is 2.67 bits per heavy atom. The molecule has 0 aliphatic rings. The van der Waals surface area contributed by atoms with E-state index in [2.05, 4.69) is 26.1 Å². The van der Waals surface area contributed by atoms with Gasteiger partial charge in [-0.1, -0.05) is 28.1 Å². The molecule has 0 amide bonds. The predicted octanol–water partition coefficient (Wildman–Crippen LogP) is 3.16. The normalized spacial score (nSPS) is 10.6. The summed E-state index contributed by atoms with van der Waals surface area (Å²) in [6.45, 7) is 1.94. The minimum atomic E-state index is -0.808. The molecule has 0 spiro atoms. The lowest BCUT2D eigenvalue weighted by atomic mass is 10.0. The van der Waals surface area contributed by atoms with Crippen LogP contribution >= 0.6 is 15.9 Å². The lowest BCUT2D eigenvalue weighted by Gasteiger charge is -2.03. The number of carboxylic acids is 1. The Hall–Kier alpha value is -1.62. The van der Waals surface area contributed by atoms with Gasteiger partial charge in [0.2, 0.25) is 0 Å². The Kier molecular flexibility index (Phi) is 3.81. The van der Waals surface area contributed by atoms with Gasteiger partial charge in [-0.15, -0.1) is 0 Å². The lowest BCUT2D eigenvalue weighted by Crippen LogP contribution is -1.99. The molecule has 0 aliphatic heterocycles. The molecule has 2 rings (SSSR count). The van der Waals surface area contributed by atoms with E-state index in [9.17, 15) is 4.79 Å². The van der Waals surface area contributed by atoms with Crippen LogP contribution in [0.5, 0.6) is 0 Å². The Morgan fingerprint density at radius 1 is 1.39 bits per heavy atom. The van der Waals surface area contributed by atoms with Crippen molar-refractivity contribution in [1.82, 2.24) is 10.2 Å². The summed E-state index contributed by atoms with van der Waals surface area (Å²) in [6.07, 6.45) is 0.527. The van der Waals surface area contributed by atoms with Gasteiger partial charge in [-0.25, -0.2) is 0 Å². The summed E-state index contributed by atoms with van der Waals surface area (Å²) in [4.78, 5) is 10.6. The third kappa shape index (κ3) is 2.79. The van der Waals surface area contributed by atoms with Crippen molar-refractivity contribution in [3.8, 4) is 11.1 Å². The Balaban J connectivity index is 2.34. The summed E-state index contributed by atoms with van der Waals surface area (Å²) in [5, 5.41) is 15.8. The fourth-order valence-electron chi connectivity index (χ4n) is 1.89. The SMILES string of the molecule is Cc1[nH]nc(CCC(=O)O)c1-c1ccc(Br)cc1. The molecular weight excluding hydrogens is 296 g/mol. The molecule has 0 unspecified atom stereocenters. The Bertz CT molecular complexity index is 561. The predicted molar refractivity (Wildman–Crippen MR) is 72.4 cm³/mol. The van der Waals surface area contributed by atoms with Gasteiger partial charge in [-0.3, -0.25) is 9.89 Å². The first-order valence-electron chi connectivity index (χ1n) is 5.59. The van der Waals surface area contributed by atoms with Crippen molar-refractivity contribution in [3.63, 3.8) is 0 Å². The molecule has 0 fully saturated rings. The first kappa shape index (κ1) is 12.8. The van der Waals surface area contributed by atoms with Gasteiger partial charge in [0.1, 0.15) is 0 Å². The van der Waals surface area contributed by atoms with Gasteiger partial charge in [-0.2, -0.15) is 5.10 Å². The molecule has 0 saturated heterocycles. The van der Waals surface area contributed by atoms with E-state index >= 15 is 0 Å². The summed E-state index contributed by atoms with van der Waals surface area (Å²) in [5.41, 5.74) is 3.81. The first-order valence-corrected chi connectivity index (χ1v) is 6.39. The van der Waals surface area contributed by atoms with Gasteiger partial charge in [0.25, 0.3) is 0 Å². The number of hydrogen-bond acceptors (Lipinski definition) is 2. The standard InChI is InChI=1S/C13H13BrN2O2/c1-8-13(9-2-4-10(14)5-3-9)11(16-15-8)6-7-12(17)18/h2-5H,6-7H2,1H3,(H,15,16)(H,17,18). The maximum absolute atomic E-state index is 10.6. The van der Waals surface area contributed by atoms with Crippen molar-refractivity contribution < 1.29 is 9.90 Å². The minimum absolute atomic E-state index is 0.0911. The van der Waals surface area contributed by atoms with Gasteiger partial charge < -0.3 is 5.11 Å². The fraction of sp³-hybridized carbons (Fsp3) is 0.231. The molecular formula is C13H13BrN2O2. The summed E-state index contributed by atoms with van der Waals surface area (Å²) in [6, 6.07) is 7.91. The summed E-state index contributed by atoms with van der Waals surface area (Å²) in [5.74, 6) is -0.808. The van der Waals surface area contributed by atoms with Crippen LogP contribution in [0, 0.1) is 6.92 Å². The van der Waals surface area contributed by atoms with Crippen molar-refractivity contribution in [3.05, 3.63) is 40.1 Å². The maximum atomic E-state index is 10.6. The second-order valence-electron chi connectivity index (χ2n) is 4.07. The summed E-state index contributed by atoms with van der Waals surface area (Å²) < 4.78 is 1.01. The molecule has 1 aromatic carbocycles. The van der Waals surface area contributed by atoms with Gasteiger partial charge >= 0.3 is 5.97 Å². The van der Waals surface area contributed by atoms with Crippen LogP contribution in [-0.4, -0.2) is 21.3 Å². The van der Waals surface area contributed by atoms with E-state index in [4.69, 9.17) is 5.11 Å². The highest BCUT2D eigenvalue weighted by molar-refractivity contribution is 9.10. The second-order valence-corrected chi connectivity index (χ2v) is 4.99. The monoisotopic (exact) mass is 308 g/mol. The van der Waals surface area contributed by atoms with E-state index in [-0.39, 0.29) is 6.42 Å². The minimum Gasteiger partial charge on any atom is -0.481 e. The number of carboxylic acid groups (broad SMARTS) is 1. The number of hydrogen-bond donors (Lipinski definition) is 2. The number of nitrogens with zero attached hydrogens (tertiary/aromatic N) is 1. The number of nitrogens with one attached hydrogen (secondary N) is 1. The van der Waals surface area contributed by atoms with Crippen molar-refractivity contribution in [1.29, 1.82) is 0 Å². The van der Waals surface area contributed by atoms with Crippen molar-refractivity contribution in [2.24, 2.45) is 0 Å². The molecule has 2 N–H and O–H groups in total. The van der Waals surface area contributed by atoms with Crippen LogP contribution in [-0.2, 0) is 11.2 Å². The van der Waals surface area contributed by atoms with Crippen LogP contribution < -0.4 is 0 Å². The Morgan fingerprint density at radius 2 is 2.06 bits per heavy atom. The number of aryl methyl sites for hydroxylation is 2. The molecule has 18 heavy (non-hydrogen) atoms. The molecule has 2 aromatic rings. The maximum Gasteiger partial charge on any atom is 0.303 e. The largest absolute Gasteiger partial charge is 0.481 e. The van der Waals surface area contributed by atoms with Crippen LogP contribution in [0.3, 0.4) is 0 Å². The highest BCUT2D eigenvalue weighted by Crippen LogP contribution is 2.27. The third-order valence-corrected chi connectivity index (χ3v) is 3.26. The van der Waals surface area contributed by atoms with E-state index in [0.29, 0.717) is 6.42 Å². The van der Waals surface area contributed by atoms with Crippen LogP contribution in [0.4, 0.5) is 0 Å². The molecule has 0 bridgehead atoms. The molecule has 4 nitrogen and oxygen atoms in total. The number of benzene rings is 1. The second kappa shape index (κ2) is 5.35. The zero-order valence-corrected chi connectivity index (χ0v) is 11.5. The molecule has 5 heteroatoms. The number of aliphatic carboxylic acids is 1. The topological polar surface area (TPSA) is 66.0 Å². The van der Waals surface area contributed by atoms with Crippen molar-refractivity contribution in [2.75, 3.05) is 0 Å². The number of carbonyl (C=O) groups is 1. The third-order valence-electron chi connectivity index (χ3n) is 2.73.